The molecule has 1 N–H and O–H groups in total. The second-order valence-electron chi connectivity index (χ2n) is 7.53. The van der Waals surface area contributed by atoms with Crippen molar-refractivity contribution in [3.63, 3.8) is 0 Å². The van der Waals surface area contributed by atoms with Crippen LogP contribution in [0.1, 0.15) is 33.6 Å². The van der Waals surface area contributed by atoms with Gasteiger partial charge in [-0.1, -0.05) is 30.3 Å². The van der Waals surface area contributed by atoms with E-state index in [1.165, 1.54) is 4.90 Å². The second-order valence-corrected chi connectivity index (χ2v) is 8.70. The molecular weight excluding hydrogens is 420 g/mol. The van der Waals surface area contributed by atoms with Crippen molar-refractivity contribution < 1.29 is 14.3 Å². The minimum absolute atomic E-state index is 0.0319. The molecule has 2 amide bonds. The van der Waals surface area contributed by atoms with Gasteiger partial charge >= 0.3 is 0 Å². The number of amides is 2. The molecule has 4 rings (SSSR count). The standard InChI is InChI=1S/C26H26N2O3S/c29-25(27-24-11-5-4-10-23(24)26(30)28-16-6-7-17-28)20-12-14-21(15-13-20)31-18-19-32-22-8-2-1-3-9-22/h1-5,8-15H,6-7,16-19H2,(H,27,29). The second kappa shape index (κ2) is 10.9. The molecule has 3 aromatic carbocycles. The molecule has 0 bridgehead atoms. The Balaban J connectivity index is 1.32. The molecule has 164 valence electrons. The van der Waals surface area contributed by atoms with E-state index in [0.29, 0.717) is 23.4 Å². The first-order chi connectivity index (χ1) is 15.7. The summed E-state index contributed by atoms with van der Waals surface area (Å²) in [5.41, 5.74) is 1.57. The lowest BCUT2D eigenvalue weighted by Gasteiger charge is -2.18. The third-order valence-electron chi connectivity index (χ3n) is 5.28. The van der Waals surface area contributed by atoms with Crippen LogP contribution in [-0.4, -0.2) is 42.2 Å². The average Bonchev–Trinajstić information content (AvgIpc) is 3.38. The first-order valence-corrected chi connectivity index (χ1v) is 11.8. The number of nitrogens with zero attached hydrogens (tertiary/aromatic N) is 1. The Kier molecular flexibility index (Phi) is 7.46. The molecule has 0 radical (unpaired) electrons. The molecule has 3 aromatic rings. The predicted octanol–water partition coefficient (Wildman–Crippen LogP) is 5.35. The van der Waals surface area contributed by atoms with Crippen molar-refractivity contribution in [1.29, 1.82) is 0 Å². The Bertz CT molecular complexity index is 1050. The van der Waals surface area contributed by atoms with Crippen molar-refractivity contribution in [3.05, 3.63) is 90.0 Å². The summed E-state index contributed by atoms with van der Waals surface area (Å²) >= 11 is 1.74. The quantitative estimate of drug-likeness (QED) is 0.375. The van der Waals surface area contributed by atoms with Crippen LogP contribution in [0.15, 0.2) is 83.8 Å². The Morgan fingerprint density at radius 3 is 2.31 bits per heavy atom. The first-order valence-electron chi connectivity index (χ1n) is 10.8. The zero-order valence-electron chi connectivity index (χ0n) is 17.8. The number of benzene rings is 3. The number of hydrogen-bond acceptors (Lipinski definition) is 4. The molecule has 1 aliphatic rings. The third kappa shape index (κ3) is 5.71. The van der Waals surface area contributed by atoms with Crippen LogP contribution >= 0.6 is 11.8 Å². The van der Waals surface area contributed by atoms with Crippen LogP contribution in [-0.2, 0) is 0 Å². The SMILES string of the molecule is O=C(Nc1ccccc1C(=O)N1CCCC1)c1ccc(OCCSc2ccccc2)cc1. The van der Waals surface area contributed by atoms with Gasteiger partial charge in [0.15, 0.2) is 0 Å². The maximum atomic E-state index is 12.8. The summed E-state index contributed by atoms with van der Waals surface area (Å²) in [5, 5.41) is 2.89. The number of carbonyl (C=O) groups is 2. The largest absolute Gasteiger partial charge is 0.493 e. The lowest BCUT2D eigenvalue weighted by atomic mass is 10.1. The van der Waals surface area contributed by atoms with E-state index >= 15 is 0 Å². The van der Waals surface area contributed by atoms with Gasteiger partial charge in [0.2, 0.25) is 0 Å². The van der Waals surface area contributed by atoms with Crippen molar-refractivity contribution in [2.75, 3.05) is 30.8 Å². The van der Waals surface area contributed by atoms with E-state index in [4.69, 9.17) is 4.74 Å². The normalized spacial score (nSPS) is 13.1. The van der Waals surface area contributed by atoms with E-state index in [2.05, 4.69) is 17.4 Å². The van der Waals surface area contributed by atoms with E-state index in [0.717, 1.165) is 37.4 Å². The van der Waals surface area contributed by atoms with E-state index in [1.54, 1.807) is 48.2 Å². The van der Waals surface area contributed by atoms with Crippen LogP contribution in [0.3, 0.4) is 0 Å². The summed E-state index contributed by atoms with van der Waals surface area (Å²) in [6.45, 7) is 2.12. The van der Waals surface area contributed by atoms with E-state index in [1.807, 2.05) is 35.2 Å². The third-order valence-corrected chi connectivity index (χ3v) is 6.26. The van der Waals surface area contributed by atoms with Crippen LogP contribution in [0, 0.1) is 0 Å². The molecule has 1 heterocycles. The molecular formula is C26H26N2O3S. The van der Waals surface area contributed by atoms with E-state index in [-0.39, 0.29) is 11.8 Å². The van der Waals surface area contributed by atoms with Crippen LogP contribution in [0.25, 0.3) is 0 Å². The molecule has 0 saturated carbocycles. The van der Waals surface area contributed by atoms with Gasteiger partial charge in [0.25, 0.3) is 11.8 Å². The van der Waals surface area contributed by atoms with Crippen LogP contribution in [0.2, 0.25) is 0 Å². The van der Waals surface area contributed by atoms with Gasteiger partial charge in [-0.15, -0.1) is 11.8 Å². The molecule has 0 spiro atoms. The molecule has 1 fully saturated rings. The Hall–Kier alpha value is -3.25. The van der Waals surface area contributed by atoms with E-state index in [9.17, 15) is 9.59 Å². The maximum absolute atomic E-state index is 12.8. The summed E-state index contributed by atoms with van der Waals surface area (Å²) in [6.07, 6.45) is 2.05. The van der Waals surface area contributed by atoms with Gasteiger partial charge < -0.3 is 15.0 Å². The number of nitrogens with one attached hydrogen (secondary N) is 1. The number of anilines is 1. The van der Waals surface area contributed by atoms with Crippen molar-refractivity contribution in [3.8, 4) is 5.75 Å². The molecule has 6 heteroatoms. The summed E-state index contributed by atoms with van der Waals surface area (Å²) < 4.78 is 5.79. The van der Waals surface area contributed by atoms with Crippen molar-refractivity contribution in [1.82, 2.24) is 4.90 Å². The minimum Gasteiger partial charge on any atom is -0.493 e. The maximum Gasteiger partial charge on any atom is 0.255 e. The van der Waals surface area contributed by atoms with Crippen LogP contribution < -0.4 is 10.1 Å². The summed E-state index contributed by atoms with van der Waals surface area (Å²) in [5.74, 6) is 1.28. The summed E-state index contributed by atoms with van der Waals surface area (Å²) in [4.78, 5) is 28.6. The number of hydrogen-bond donors (Lipinski definition) is 1. The summed E-state index contributed by atoms with van der Waals surface area (Å²) in [7, 11) is 0. The zero-order valence-corrected chi connectivity index (χ0v) is 18.6. The van der Waals surface area contributed by atoms with Crippen LogP contribution in [0.4, 0.5) is 5.69 Å². The number of para-hydroxylation sites is 1. The first kappa shape index (κ1) is 22.0. The zero-order chi connectivity index (χ0) is 22.2. The number of likely N-dealkylation sites (tertiary alicyclic amines) is 1. The highest BCUT2D eigenvalue weighted by Gasteiger charge is 2.22. The number of ether oxygens (including phenoxy) is 1. The molecule has 0 atom stereocenters. The fourth-order valence-electron chi connectivity index (χ4n) is 3.60. The van der Waals surface area contributed by atoms with Crippen molar-refractivity contribution >= 4 is 29.3 Å². The fourth-order valence-corrected chi connectivity index (χ4v) is 4.35. The van der Waals surface area contributed by atoms with Gasteiger partial charge in [0, 0.05) is 29.3 Å². The Labute approximate surface area is 192 Å². The molecule has 0 unspecified atom stereocenters. The molecule has 32 heavy (non-hydrogen) atoms. The fraction of sp³-hybridized carbons (Fsp3) is 0.231. The van der Waals surface area contributed by atoms with Crippen molar-refractivity contribution in [2.24, 2.45) is 0 Å². The molecule has 0 aromatic heterocycles. The van der Waals surface area contributed by atoms with Gasteiger partial charge in [-0.05, 0) is 61.4 Å². The molecule has 1 saturated heterocycles. The smallest absolute Gasteiger partial charge is 0.255 e. The number of thioether (sulfide) groups is 1. The number of rotatable bonds is 8. The molecule has 1 aliphatic heterocycles. The summed E-state index contributed by atoms with van der Waals surface area (Å²) in [6, 6.07) is 24.4. The molecule has 5 nitrogen and oxygen atoms in total. The molecule has 0 aliphatic carbocycles. The van der Waals surface area contributed by atoms with Gasteiger partial charge in [-0.25, -0.2) is 0 Å². The number of carbonyl (C=O) groups excluding carboxylic acids is 2. The Morgan fingerprint density at radius 1 is 0.875 bits per heavy atom. The van der Waals surface area contributed by atoms with E-state index < -0.39 is 0 Å². The topological polar surface area (TPSA) is 58.6 Å². The van der Waals surface area contributed by atoms with Crippen LogP contribution in [0.5, 0.6) is 5.75 Å². The monoisotopic (exact) mass is 446 g/mol. The average molecular weight is 447 g/mol. The lowest BCUT2D eigenvalue weighted by Crippen LogP contribution is -2.28. The highest BCUT2D eigenvalue weighted by Crippen LogP contribution is 2.22. The van der Waals surface area contributed by atoms with Gasteiger partial charge in [0.05, 0.1) is 17.9 Å². The van der Waals surface area contributed by atoms with Gasteiger partial charge in [0.1, 0.15) is 5.75 Å². The highest BCUT2D eigenvalue weighted by atomic mass is 32.2. The van der Waals surface area contributed by atoms with Crippen molar-refractivity contribution in [2.45, 2.75) is 17.7 Å². The predicted molar refractivity (Wildman–Crippen MR) is 129 cm³/mol. The lowest BCUT2D eigenvalue weighted by molar-refractivity contribution is 0.0794. The van der Waals surface area contributed by atoms with Gasteiger partial charge in [-0.3, -0.25) is 9.59 Å². The minimum atomic E-state index is -0.252. The highest BCUT2D eigenvalue weighted by molar-refractivity contribution is 7.99. The van der Waals surface area contributed by atoms with Gasteiger partial charge in [-0.2, -0.15) is 0 Å². The Morgan fingerprint density at radius 2 is 1.56 bits per heavy atom.